The van der Waals surface area contributed by atoms with E-state index in [1.807, 2.05) is 0 Å². The molecule has 0 radical (unpaired) electrons. The molecule has 2 rings (SSSR count). The highest BCUT2D eigenvalue weighted by molar-refractivity contribution is 6.31. The molecule has 0 aliphatic carbocycles. The lowest BCUT2D eigenvalue weighted by atomic mass is 10.1. The highest BCUT2D eigenvalue weighted by Crippen LogP contribution is 2.36. The minimum absolute atomic E-state index is 0.297. The molecule has 0 aliphatic rings. The summed E-state index contributed by atoms with van der Waals surface area (Å²) >= 11 is 5.62. The fourth-order valence-corrected chi connectivity index (χ4v) is 2.02. The number of halogens is 6. The first-order valence-electron chi connectivity index (χ1n) is 6.08. The average Bonchev–Trinajstić information content (AvgIpc) is 2.46. The Morgan fingerprint density at radius 1 is 1.00 bits per heavy atom. The summed E-state index contributed by atoms with van der Waals surface area (Å²) < 4.78 is 64.8. The number of para-hydroxylation sites is 1. The van der Waals surface area contributed by atoms with Crippen LogP contribution in [0.5, 0.6) is 0 Å². The third-order valence-electron chi connectivity index (χ3n) is 2.83. The Hall–Kier alpha value is -1.86. The van der Waals surface area contributed by atoms with E-state index in [-0.39, 0.29) is 6.54 Å². The molecular weight excluding hydrogens is 327 g/mol. The van der Waals surface area contributed by atoms with Gasteiger partial charge in [0, 0.05) is 22.8 Å². The van der Waals surface area contributed by atoms with Crippen LogP contribution in [0.25, 0.3) is 0 Å². The minimum Gasteiger partial charge on any atom is -0.321 e. The van der Waals surface area contributed by atoms with E-state index in [0.717, 1.165) is 0 Å². The normalized spacial score (nSPS) is 11.5. The van der Waals surface area contributed by atoms with E-state index in [9.17, 15) is 22.0 Å². The maximum absolute atomic E-state index is 13.8. The van der Waals surface area contributed by atoms with Crippen LogP contribution in [0.2, 0.25) is 5.02 Å². The van der Waals surface area contributed by atoms with Crippen molar-refractivity contribution in [3.8, 4) is 0 Å². The second kappa shape index (κ2) is 6.50. The first kappa shape index (κ1) is 16.5. The van der Waals surface area contributed by atoms with Gasteiger partial charge < -0.3 is 5.43 Å². The third-order valence-corrected chi connectivity index (χ3v) is 3.17. The Bertz CT molecular complexity index is 659. The van der Waals surface area contributed by atoms with Gasteiger partial charge in [0.25, 0.3) is 0 Å². The molecule has 0 spiro atoms. The Kier molecular flexibility index (Phi) is 4.87. The van der Waals surface area contributed by atoms with Crippen LogP contribution in [0.1, 0.15) is 11.1 Å². The third kappa shape index (κ3) is 3.66. The number of hydrogen-bond acceptors (Lipinski definition) is 2. The average molecular weight is 337 g/mol. The van der Waals surface area contributed by atoms with E-state index >= 15 is 0 Å². The Labute approximate surface area is 127 Å². The molecule has 0 unspecified atom stereocenters. The van der Waals surface area contributed by atoms with Gasteiger partial charge in [-0.3, -0.25) is 0 Å². The number of anilines is 1. The Balaban J connectivity index is 2.17. The van der Waals surface area contributed by atoms with Crippen LogP contribution < -0.4 is 10.9 Å². The van der Waals surface area contributed by atoms with Gasteiger partial charge >= 0.3 is 6.18 Å². The molecule has 0 aliphatic heterocycles. The van der Waals surface area contributed by atoms with E-state index in [4.69, 9.17) is 11.6 Å². The van der Waals surface area contributed by atoms with Crippen molar-refractivity contribution in [2.45, 2.75) is 12.7 Å². The van der Waals surface area contributed by atoms with Crippen molar-refractivity contribution in [3.63, 3.8) is 0 Å². The molecule has 0 amide bonds. The quantitative estimate of drug-likeness (QED) is 0.478. The maximum atomic E-state index is 13.8. The monoisotopic (exact) mass is 336 g/mol. The molecular formula is C14H10ClF5N2. The summed E-state index contributed by atoms with van der Waals surface area (Å²) in [5.74, 6) is -3.59. The zero-order chi connectivity index (χ0) is 16.3. The lowest BCUT2D eigenvalue weighted by Gasteiger charge is -2.14. The van der Waals surface area contributed by atoms with E-state index in [1.54, 1.807) is 30.3 Å². The summed E-state index contributed by atoms with van der Waals surface area (Å²) in [5, 5.41) is -0.506. The van der Waals surface area contributed by atoms with Gasteiger partial charge in [-0.25, -0.2) is 14.2 Å². The molecule has 22 heavy (non-hydrogen) atoms. The first-order valence-corrected chi connectivity index (χ1v) is 6.46. The zero-order valence-electron chi connectivity index (χ0n) is 10.9. The predicted octanol–water partition coefficient (Wildman–Crippen LogP) is 4.75. The molecule has 0 bridgehead atoms. The molecule has 0 heterocycles. The van der Waals surface area contributed by atoms with Gasteiger partial charge in [-0.1, -0.05) is 29.8 Å². The van der Waals surface area contributed by atoms with E-state index < -0.39 is 34.0 Å². The number of benzene rings is 2. The fourth-order valence-electron chi connectivity index (χ4n) is 1.76. The molecule has 2 aromatic rings. The summed E-state index contributed by atoms with van der Waals surface area (Å²) in [6.45, 7) is -0.297. The topological polar surface area (TPSA) is 24.1 Å². The molecule has 0 fully saturated rings. The Morgan fingerprint density at radius 3 is 2.23 bits per heavy atom. The smallest absolute Gasteiger partial charge is 0.321 e. The summed E-state index contributed by atoms with van der Waals surface area (Å²) in [6, 6.07) is 9.06. The standard InChI is InChI=1S/C14H10ClF5N2/c15-11-6-10(14(18,19)20)13(17)12(16)9(11)7-21-22-8-4-2-1-3-5-8/h1-6,21-22H,7H2. The van der Waals surface area contributed by atoms with Gasteiger partial charge in [0.1, 0.15) is 0 Å². The Morgan fingerprint density at radius 2 is 1.64 bits per heavy atom. The van der Waals surface area contributed by atoms with Crippen molar-refractivity contribution in [3.05, 3.63) is 64.2 Å². The molecule has 0 saturated carbocycles. The van der Waals surface area contributed by atoms with Crippen molar-refractivity contribution >= 4 is 17.3 Å². The van der Waals surface area contributed by atoms with Crippen LogP contribution in [0, 0.1) is 11.6 Å². The van der Waals surface area contributed by atoms with E-state index in [1.165, 1.54) is 0 Å². The van der Waals surface area contributed by atoms with Gasteiger partial charge in [-0.15, -0.1) is 0 Å². The summed E-state index contributed by atoms with van der Waals surface area (Å²) in [6.07, 6.45) is -5.01. The van der Waals surface area contributed by atoms with Gasteiger partial charge in [0.15, 0.2) is 11.6 Å². The molecule has 2 N–H and O–H groups in total. The molecule has 2 nitrogen and oxygen atoms in total. The second-order valence-electron chi connectivity index (χ2n) is 4.35. The lowest BCUT2D eigenvalue weighted by Crippen LogP contribution is -2.22. The van der Waals surface area contributed by atoms with E-state index in [2.05, 4.69) is 10.9 Å². The first-order chi connectivity index (χ1) is 10.3. The van der Waals surface area contributed by atoms with Gasteiger partial charge in [0.05, 0.1) is 5.56 Å². The van der Waals surface area contributed by atoms with Crippen molar-refractivity contribution in [2.24, 2.45) is 0 Å². The van der Waals surface area contributed by atoms with Gasteiger partial charge in [-0.2, -0.15) is 13.2 Å². The fraction of sp³-hybridized carbons (Fsp3) is 0.143. The highest BCUT2D eigenvalue weighted by atomic mass is 35.5. The van der Waals surface area contributed by atoms with Crippen LogP contribution >= 0.6 is 11.6 Å². The number of rotatable bonds is 4. The molecule has 118 valence electrons. The number of nitrogens with one attached hydrogen (secondary N) is 2. The predicted molar refractivity (Wildman–Crippen MR) is 73.3 cm³/mol. The van der Waals surface area contributed by atoms with Crippen LogP contribution in [0.15, 0.2) is 36.4 Å². The molecule has 0 saturated heterocycles. The summed E-state index contributed by atoms with van der Waals surface area (Å²) in [5.41, 5.74) is 3.78. The van der Waals surface area contributed by atoms with Gasteiger partial charge in [0.2, 0.25) is 0 Å². The molecule has 8 heteroatoms. The SMILES string of the molecule is Fc1c(C(F)(F)F)cc(Cl)c(CNNc2ccccc2)c1F. The maximum Gasteiger partial charge on any atom is 0.419 e. The van der Waals surface area contributed by atoms with Crippen molar-refractivity contribution < 1.29 is 22.0 Å². The lowest BCUT2D eigenvalue weighted by molar-refractivity contribution is -0.140. The largest absolute Gasteiger partial charge is 0.419 e. The van der Waals surface area contributed by atoms with Crippen molar-refractivity contribution in [1.82, 2.24) is 5.43 Å². The van der Waals surface area contributed by atoms with Crippen molar-refractivity contribution in [2.75, 3.05) is 5.43 Å². The van der Waals surface area contributed by atoms with Crippen LogP contribution in [0.3, 0.4) is 0 Å². The van der Waals surface area contributed by atoms with Gasteiger partial charge in [-0.05, 0) is 18.2 Å². The highest BCUT2D eigenvalue weighted by Gasteiger charge is 2.37. The summed E-state index contributed by atoms with van der Waals surface area (Å²) in [4.78, 5) is 0. The van der Waals surface area contributed by atoms with Crippen LogP contribution in [-0.4, -0.2) is 0 Å². The van der Waals surface area contributed by atoms with E-state index in [0.29, 0.717) is 11.8 Å². The molecule has 0 aromatic heterocycles. The van der Waals surface area contributed by atoms with Crippen molar-refractivity contribution in [1.29, 1.82) is 0 Å². The zero-order valence-corrected chi connectivity index (χ0v) is 11.7. The summed E-state index contributed by atoms with van der Waals surface area (Å²) in [7, 11) is 0. The molecule has 2 aromatic carbocycles. The number of hydrazine groups is 1. The number of alkyl halides is 3. The van der Waals surface area contributed by atoms with Crippen LogP contribution in [0.4, 0.5) is 27.6 Å². The molecule has 0 atom stereocenters. The second-order valence-corrected chi connectivity index (χ2v) is 4.76. The number of hydrogen-bond donors (Lipinski definition) is 2. The minimum atomic E-state index is -5.01. The van der Waals surface area contributed by atoms with Crippen LogP contribution in [-0.2, 0) is 12.7 Å².